The van der Waals surface area contributed by atoms with E-state index >= 15 is 0 Å². The summed E-state index contributed by atoms with van der Waals surface area (Å²) in [5, 5.41) is 0. The Balaban J connectivity index is 2.82. The van der Waals surface area contributed by atoms with E-state index in [0.29, 0.717) is 0 Å². The van der Waals surface area contributed by atoms with Crippen LogP contribution in [0.1, 0.15) is 19.4 Å². The summed E-state index contributed by atoms with van der Waals surface area (Å²) in [5.41, 5.74) is 0.969. The van der Waals surface area contributed by atoms with Gasteiger partial charge in [-0.2, -0.15) is 4.72 Å². The van der Waals surface area contributed by atoms with Crippen LogP contribution in [0.5, 0.6) is 0 Å². The maximum atomic E-state index is 11.8. The molecule has 0 spiro atoms. The molecule has 1 N–H and O–H groups in total. The van der Waals surface area contributed by atoms with Gasteiger partial charge in [-0.3, -0.25) is 4.79 Å². The van der Waals surface area contributed by atoms with E-state index in [1.165, 1.54) is 26.0 Å². The fourth-order valence-electron chi connectivity index (χ4n) is 1.28. The number of rotatable bonds is 4. The van der Waals surface area contributed by atoms with Crippen molar-refractivity contribution in [1.82, 2.24) is 4.72 Å². The molecule has 0 bridgehead atoms. The lowest BCUT2D eigenvalue weighted by Gasteiger charge is -2.14. The Hall–Kier alpha value is -1.40. The van der Waals surface area contributed by atoms with Crippen molar-refractivity contribution in [3.63, 3.8) is 0 Å². The number of benzene rings is 1. The summed E-state index contributed by atoms with van der Waals surface area (Å²) in [7, 11) is -3.65. The fraction of sp³-hybridized carbons (Fsp3) is 0.364. The SMILES string of the molecule is CC(=O)OC(C)NS(=O)(=O)c1ccc(C)cc1. The molecule has 0 fully saturated rings. The van der Waals surface area contributed by atoms with Crippen molar-refractivity contribution < 1.29 is 17.9 Å². The first-order chi connectivity index (χ1) is 7.81. The molecule has 0 heterocycles. The fourth-order valence-corrected chi connectivity index (χ4v) is 2.39. The van der Waals surface area contributed by atoms with Crippen LogP contribution in [0.2, 0.25) is 0 Å². The Labute approximate surface area is 101 Å². The number of esters is 1. The van der Waals surface area contributed by atoms with Gasteiger partial charge in [0.1, 0.15) is 0 Å². The van der Waals surface area contributed by atoms with Gasteiger partial charge in [0.05, 0.1) is 4.90 Å². The average Bonchev–Trinajstić information content (AvgIpc) is 2.15. The number of hydrogen-bond acceptors (Lipinski definition) is 4. The van der Waals surface area contributed by atoms with Gasteiger partial charge >= 0.3 is 5.97 Å². The molecule has 6 heteroatoms. The third kappa shape index (κ3) is 4.16. The van der Waals surface area contributed by atoms with Gasteiger partial charge in [0, 0.05) is 6.92 Å². The predicted molar refractivity (Wildman–Crippen MR) is 62.7 cm³/mol. The maximum Gasteiger partial charge on any atom is 0.304 e. The number of sulfonamides is 1. The van der Waals surface area contributed by atoms with Crippen LogP contribution in [0.15, 0.2) is 29.2 Å². The van der Waals surface area contributed by atoms with Gasteiger partial charge in [-0.1, -0.05) is 17.7 Å². The lowest BCUT2D eigenvalue weighted by atomic mass is 10.2. The van der Waals surface area contributed by atoms with Gasteiger partial charge in [-0.15, -0.1) is 0 Å². The highest BCUT2D eigenvalue weighted by atomic mass is 32.2. The molecule has 17 heavy (non-hydrogen) atoms. The molecule has 0 saturated heterocycles. The van der Waals surface area contributed by atoms with Gasteiger partial charge in [0.2, 0.25) is 10.0 Å². The van der Waals surface area contributed by atoms with Crippen LogP contribution in [0, 0.1) is 6.92 Å². The van der Waals surface area contributed by atoms with Crippen LogP contribution in [0.25, 0.3) is 0 Å². The molecular formula is C11H15NO4S. The molecule has 0 aliphatic carbocycles. The Morgan fingerprint density at radius 1 is 1.29 bits per heavy atom. The van der Waals surface area contributed by atoms with Crippen molar-refractivity contribution in [2.75, 3.05) is 0 Å². The summed E-state index contributed by atoms with van der Waals surface area (Å²) in [6, 6.07) is 6.40. The van der Waals surface area contributed by atoms with E-state index in [9.17, 15) is 13.2 Å². The second-order valence-electron chi connectivity index (χ2n) is 3.69. The van der Waals surface area contributed by atoms with Crippen molar-refractivity contribution in [2.24, 2.45) is 0 Å². The first kappa shape index (κ1) is 13.7. The Kier molecular flexibility index (Phi) is 4.25. The number of nitrogens with one attached hydrogen (secondary N) is 1. The molecule has 1 atom stereocenters. The smallest absolute Gasteiger partial charge is 0.304 e. The zero-order chi connectivity index (χ0) is 13.1. The molecule has 0 radical (unpaired) electrons. The molecule has 1 aromatic rings. The monoisotopic (exact) mass is 257 g/mol. The van der Waals surface area contributed by atoms with Crippen LogP contribution in [0.3, 0.4) is 0 Å². The molecule has 94 valence electrons. The first-order valence-electron chi connectivity index (χ1n) is 5.07. The lowest BCUT2D eigenvalue weighted by molar-refractivity contribution is -0.145. The summed E-state index contributed by atoms with van der Waals surface area (Å²) in [4.78, 5) is 10.8. The molecular weight excluding hydrogens is 242 g/mol. The van der Waals surface area contributed by atoms with E-state index in [4.69, 9.17) is 4.74 Å². The molecule has 1 aromatic carbocycles. The predicted octanol–water partition coefficient (Wildman–Crippen LogP) is 1.18. The van der Waals surface area contributed by atoms with Crippen LogP contribution in [-0.4, -0.2) is 20.6 Å². The van der Waals surface area contributed by atoms with Gasteiger partial charge in [0.15, 0.2) is 6.23 Å². The summed E-state index contributed by atoms with van der Waals surface area (Å²) in [6.45, 7) is 4.54. The second-order valence-corrected chi connectivity index (χ2v) is 5.40. The highest BCUT2D eigenvalue weighted by Crippen LogP contribution is 2.10. The van der Waals surface area contributed by atoms with E-state index in [2.05, 4.69) is 4.72 Å². The summed E-state index contributed by atoms with van der Waals surface area (Å²) in [5.74, 6) is -0.538. The van der Waals surface area contributed by atoms with E-state index in [1.54, 1.807) is 12.1 Å². The van der Waals surface area contributed by atoms with Crippen LogP contribution >= 0.6 is 0 Å². The quantitative estimate of drug-likeness (QED) is 0.649. The van der Waals surface area contributed by atoms with Gasteiger partial charge in [-0.05, 0) is 26.0 Å². The van der Waals surface area contributed by atoms with E-state index in [-0.39, 0.29) is 4.90 Å². The lowest BCUT2D eigenvalue weighted by Crippen LogP contribution is -2.35. The third-order valence-corrected chi connectivity index (χ3v) is 3.53. The molecule has 5 nitrogen and oxygen atoms in total. The minimum absolute atomic E-state index is 0.141. The zero-order valence-electron chi connectivity index (χ0n) is 9.93. The molecule has 0 aliphatic heterocycles. The van der Waals surface area contributed by atoms with Crippen LogP contribution in [0.4, 0.5) is 0 Å². The number of hydrogen-bond donors (Lipinski definition) is 1. The normalized spacial score (nSPS) is 13.1. The van der Waals surface area contributed by atoms with Crippen molar-refractivity contribution >= 4 is 16.0 Å². The summed E-state index contributed by atoms with van der Waals surface area (Å²) in [6.07, 6.45) is -0.890. The summed E-state index contributed by atoms with van der Waals surface area (Å²) < 4.78 is 30.6. The number of aryl methyl sites for hydroxylation is 1. The van der Waals surface area contributed by atoms with E-state index in [1.807, 2.05) is 6.92 Å². The third-order valence-electron chi connectivity index (χ3n) is 2.00. The molecule has 0 amide bonds. The van der Waals surface area contributed by atoms with E-state index in [0.717, 1.165) is 5.56 Å². The van der Waals surface area contributed by atoms with Gasteiger partial charge < -0.3 is 4.74 Å². The zero-order valence-corrected chi connectivity index (χ0v) is 10.7. The second kappa shape index (κ2) is 5.29. The molecule has 0 saturated carbocycles. The Morgan fingerprint density at radius 3 is 2.29 bits per heavy atom. The van der Waals surface area contributed by atoms with Crippen LogP contribution in [-0.2, 0) is 19.6 Å². The van der Waals surface area contributed by atoms with Crippen molar-refractivity contribution in [3.8, 4) is 0 Å². The number of carbonyl (C=O) groups is 1. The largest absolute Gasteiger partial charge is 0.446 e. The standard InChI is InChI=1S/C11H15NO4S/c1-8-4-6-11(7-5-8)17(14,15)12-9(2)16-10(3)13/h4-7,9,12H,1-3H3. The van der Waals surface area contributed by atoms with Gasteiger partial charge in [0.25, 0.3) is 0 Å². The highest BCUT2D eigenvalue weighted by Gasteiger charge is 2.18. The Bertz CT molecular complexity index is 493. The highest BCUT2D eigenvalue weighted by molar-refractivity contribution is 7.89. The Morgan fingerprint density at radius 2 is 1.82 bits per heavy atom. The van der Waals surface area contributed by atoms with Crippen molar-refractivity contribution in [3.05, 3.63) is 29.8 Å². The molecule has 1 rings (SSSR count). The average molecular weight is 257 g/mol. The summed E-state index contributed by atoms with van der Waals surface area (Å²) >= 11 is 0. The van der Waals surface area contributed by atoms with Crippen molar-refractivity contribution in [1.29, 1.82) is 0 Å². The number of ether oxygens (including phenoxy) is 1. The topological polar surface area (TPSA) is 72.5 Å². The molecule has 0 aromatic heterocycles. The molecule has 1 unspecified atom stereocenters. The number of carbonyl (C=O) groups excluding carboxylic acids is 1. The van der Waals surface area contributed by atoms with Crippen molar-refractivity contribution in [2.45, 2.75) is 31.9 Å². The maximum absolute atomic E-state index is 11.8. The molecule has 0 aliphatic rings. The minimum Gasteiger partial charge on any atom is -0.446 e. The van der Waals surface area contributed by atoms with Gasteiger partial charge in [-0.25, -0.2) is 8.42 Å². The minimum atomic E-state index is -3.65. The first-order valence-corrected chi connectivity index (χ1v) is 6.56. The van der Waals surface area contributed by atoms with Crippen LogP contribution < -0.4 is 4.72 Å². The van der Waals surface area contributed by atoms with E-state index < -0.39 is 22.2 Å².